The first-order chi connectivity index (χ1) is 16.2. The summed E-state index contributed by atoms with van der Waals surface area (Å²) in [4.78, 5) is 25.6. The van der Waals surface area contributed by atoms with Crippen LogP contribution >= 0.6 is 11.6 Å². The van der Waals surface area contributed by atoms with Gasteiger partial charge < -0.3 is 10.1 Å². The lowest BCUT2D eigenvalue weighted by Gasteiger charge is -2.30. The molecule has 0 saturated carbocycles. The van der Waals surface area contributed by atoms with Gasteiger partial charge in [0.05, 0.1) is 17.2 Å². The van der Waals surface area contributed by atoms with E-state index < -0.39 is 17.5 Å². The maximum absolute atomic E-state index is 13.1. The Morgan fingerprint density at radius 1 is 1.03 bits per heavy atom. The number of halogens is 1. The molecular weight excluding hydrogens is 448 g/mol. The van der Waals surface area contributed by atoms with Gasteiger partial charge in [-0.1, -0.05) is 54.1 Å². The van der Waals surface area contributed by atoms with Gasteiger partial charge in [-0.3, -0.25) is 4.79 Å². The van der Waals surface area contributed by atoms with Gasteiger partial charge in [-0.2, -0.15) is 5.26 Å². The van der Waals surface area contributed by atoms with Crippen LogP contribution in [0.2, 0.25) is 5.02 Å². The number of esters is 1. The van der Waals surface area contributed by atoms with E-state index in [1.807, 2.05) is 49.4 Å². The molecule has 6 heteroatoms. The molecule has 1 N–H and O–H groups in total. The molecule has 2 unspecified atom stereocenters. The average Bonchev–Trinajstić information content (AvgIpc) is 2.83. The Balaban J connectivity index is 1.80. The number of hydrogen-bond acceptors (Lipinski definition) is 4. The van der Waals surface area contributed by atoms with Crippen LogP contribution in [-0.4, -0.2) is 23.5 Å². The van der Waals surface area contributed by atoms with Gasteiger partial charge in [0, 0.05) is 17.0 Å². The maximum atomic E-state index is 13.1. The first kappa shape index (κ1) is 25.0. The molecule has 0 saturated heterocycles. The number of nitriles is 1. The van der Waals surface area contributed by atoms with Gasteiger partial charge in [-0.05, 0) is 74.7 Å². The molecule has 0 bridgehead atoms. The molecule has 0 heterocycles. The van der Waals surface area contributed by atoms with Crippen LogP contribution in [0.5, 0.6) is 0 Å². The van der Waals surface area contributed by atoms with Gasteiger partial charge >= 0.3 is 5.97 Å². The van der Waals surface area contributed by atoms with Crippen molar-refractivity contribution >= 4 is 23.5 Å². The van der Waals surface area contributed by atoms with Crippen molar-refractivity contribution in [2.24, 2.45) is 0 Å². The molecule has 3 aromatic carbocycles. The third-order valence-electron chi connectivity index (χ3n) is 5.68. The fraction of sp³-hybridized carbons (Fsp3) is 0.250. The summed E-state index contributed by atoms with van der Waals surface area (Å²) in [5.41, 5.74) is 1.54. The molecule has 0 fully saturated rings. The third kappa shape index (κ3) is 6.46. The summed E-state index contributed by atoms with van der Waals surface area (Å²) in [7, 11) is 0. The fourth-order valence-corrected chi connectivity index (χ4v) is 3.81. The standard InChI is InChI=1S/C28H27ClN2O3/c1-19(31-27(33)28(2,3)34-26(32)22-9-5-4-6-10-22)25(17-20-12-14-24(29)15-13-20)23-11-7-8-21(16-23)18-30/h4-16,19,25H,17H2,1-3H3,(H,31,33). The number of rotatable bonds is 8. The number of benzene rings is 3. The summed E-state index contributed by atoms with van der Waals surface area (Å²) in [6.45, 7) is 5.05. The van der Waals surface area contributed by atoms with Gasteiger partial charge in [0.1, 0.15) is 0 Å². The molecule has 3 aromatic rings. The zero-order valence-electron chi connectivity index (χ0n) is 19.4. The fourth-order valence-electron chi connectivity index (χ4n) is 3.69. The normalized spacial score (nSPS) is 12.8. The topological polar surface area (TPSA) is 79.2 Å². The average molecular weight is 475 g/mol. The van der Waals surface area contributed by atoms with Crippen LogP contribution in [0, 0.1) is 11.3 Å². The summed E-state index contributed by atoms with van der Waals surface area (Å²) >= 11 is 6.04. The summed E-state index contributed by atoms with van der Waals surface area (Å²) in [5.74, 6) is -1.09. The highest BCUT2D eigenvalue weighted by Crippen LogP contribution is 2.27. The van der Waals surface area contributed by atoms with Gasteiger partial charge in [-0.15, -0.1) is 0 Å². The Hall–Kier alpha value is -3.62. The van der Waals surface area contributed by atoms with Crippen LogP contribution in [0.4, 0.5) is 0 Å². The molecule has 0 spiro atoms. The van der Waals surface area contributed by atoms with Crippen molar-refractivity contribution in [2.75, 3.05) is 0 Å². The quantitative estimate of drug-likeness (QED) is 0.426. The van der Waals surface area contributed by atoms with Crippen molar-refractivity contribution in [3.63, 3.8) is 0 Å². The van der Waals surface area contributed by atoms with Crippen LogP contribution in [0.15, 0.2) is 78.9 Å². The molecular formula is C28H27ClN2O3. The van der Waals surface area contributed by atoms with E-state index in [2.05, 4.69) is 11.4 Å². The number of amides is 1. The van der Waals surface area contributed by atoms with Crippen molar-refractivity contribution in [3.8, 4) is 6.07 Å². The van der Waals surface area contributed by atoms with E-state index in [0.29, 0.717) is 22.6 Å². The summed E-state index contributed by atoms with van der Waals surface area (Å²) in [5, 5.41) is 13.0. The van der Waals surface area contributed by atoms with Crippen LogP contribution in [-0.2, 0) is 16.0 Å². The van der Waals surface area contributed by atoms with Crippen LogP contribution in [0.3, 0.4) is 0 Å². The van der Waals surface area contributed by atoms with E-state index in [-0.39, 0.29) is 12.0 Å². The minimum absolute atomic E-state index is 0.126. The molecule has 0 aliphatic carbocycles. The molecule has 0 aliphatic heterocycles. The number of nitrogens with one attached hydrogen (secondary N) is 1. The van der Waals surface area contributed by atoms with Crippen LogP contribution in [0.1, 0.15) is 53.7 Å². The summed E-state index contributed by atoms with van der Waals surface area (Å²) < 4.78 is 5.53. The summed E-state index contributed by atoms with van der Waals surface area (Å²) in [6.07, 6.45) is 0.623. The number of ether oxygens (including phenoxy) is 1. The zero-order chi connectivity index (χ0) is 24.7. The lowest BCUT2D eigenvalue weighted by atomic mass is 9.85. The second-order valence-corrected chi connectivity index (χ2v) is 9.14. The van der Waals surface area contributed by atoms with Gasteiger partial charge in [-0.25, -0.2) is 4.79 Å². The molecule has 3 rings (SSSR count). The molecule has 34 heavy (non-hydrogen) atoms. The third-order valence-corrected chi connectivity index (χ3v) is 5.93. The second-order valence-electron chi connectivity index (χ2n) is 8.70. The zero-order valence-corrected chi connectivity index (χ0v) is 20.2. The highest BCUT2D eigenvalue weighted by molar-refractivity contribution is 6.30. The van der Waals surface area contributed by atoms with Gasteiger partial charge in [0.25, 0.3) is 5.91 Å². The van der Waals surface area contributed by atoms with E-state index in [1.54, 1.807) is 50.2 Å². The lowest BCUT2D eigenvalue weighted by molar-refractivity contribution is -0.138. The molecule has 5 nitrogen and oxygen atoms in total. The lowest BCUT2D eigenvalue weighted by Crippen LogP contribution is -2.50. The minimum atomic E-state index is -1.37. The van der Waals surface area contributed by atoms with Crippen molar-refractivity contribution in [2.45, 2.75) is 44.8 Å². The second kappa shape index (κ2) is 11.0. The van der Waals surface area contributed by atoms with Crippen LogP contribution in [0.25, 0.3) is 0 Å². The Bertz CT molecular complexity index is 1180. The van der Waals surface area contributed by atoms with Crippen LogP contribution < -0.4 is 5.32 Å². The van der Waals surface area contributed by atoms with Crippen molar-refractivity contribution < 1.29 is 14.3 Å². The van der Waals surface area contributed by atoms with Crippen molar-refractivity contribution in [3.05, 3.63) is 106 Å². The van der Waals surface area contributed by atoms with E-state index in [1.165, 1.54) is 0 Å². The number of carbonyl (C=O) groups is 2. The van der Waals surface area contributed by atoms with E-state index in [9.17, 15) is 14.9 Å². The highest BCUT2D eigenvalue weighted by atomic mass is 35.5. The molecule has 0 aromatic heterocycles. The Kier molecular flexibility index (Phi) is 8.09. The summed E-state index contributed by atoms with van der Waals surface area (Å²) in [6, 6.07) is 25.3. The number of nitrogens with zero attached hydrogens (tertiary/aromatic N) is 1. The smallest absolute Gasteiger partial charge is 0.339 e. The van der Waals surface area contributed by atoms with Crippen molar-refractivity contribution in [1.29, 1.82) is 5.26 Å². The molecule has 1 amide bonds. The number of carbonyl (C=O) groups excluding carboxylic acids is 2. The molecule has 2 atom stereocenters. The first-order valence-corrected chi connectivity index (χ1v) is 11.4. The Labute approximate surface area is 205 Å². The Morgan fingerprint density at radius 3 is 2.35 bits per heavy atom. The molecule has 0 radical (unpaired) electrons. The SMILES string of the molecule is CC(NC(=O)C(C)(C)OC(=O)c1ccccc1)C(Cc1ccc(Cl)cc1)c1cccc(C#N)c1. The Morgan fingerprint density at radius 2 is 1.71 bits per heavy atom. The van der Waals surface area contributed by atoms with E-state index in [0.717, 1.165) is 11.1 Å². The predicted octanol–water partition coefficient (Wildman–Crippen LogP) is 5.68. The highest BCUT2D eigenvalue weighted by Gasteiger charge is 2.34. The van der Waals surface area contributed by atoms with Crippen molar-refractivity contribution in [1.82, 2.24) is 5.32 Å². The first-order valence-electron chi connectivity index (χ1n) is 11.0. The van der Waals surface area contributed by atoms with Gasteiger partial charge in [0.2, 0.25) is 0 Å². The predicted molar refractivity (Wildman–Crippen MR) is 133 cm³/mol. The molecule has 174 valence electrons. The monoisotopic (exact) mass is 474 g/mol. The largest absolute Gasteiger partial charge is 0.446 e. The maximum Gasteiger partial charge on any atom is 0.339 e. The van der Waals surface area contributed by atoms with E-state index >= 15 is 0 Å². The van der Waals surface area contributed by atoms with Gasteiger partial charge in [0.15, 0.2) is 5.60 Å². The molecule has 0 aliphatic rings. The minimum Gasteiger partial charge on any atom is -0.446 e. The van der Waals surface area contributed by atoms with E-state index in [4.69, 9.17) is 16.3 Å². The number of hydrogen-bond donors (Lipinski definition) is 1.